The van der Waals surface area contributed by atoms with E-state index in [9.17, 15) is 0 Å². The zero-order valence-electron chi connectivity index (χ0n) is 16.4. The Morgan fingerprint density at radius 2 is 2.32 bits per heavy atom. The highest BCUT2D eigenvalue weighted by atomic mass is 16.5. The molecule has 0 spiro atoms. The summed E-state index contributed by atoms with van der Waals surface area (Å²) in [5.41, 5.74) is 2.10. The third-order valence-corrected chi connectivity index (χ3v) is 4.41. The van der Waals surface area contributed by atoms with E-state index in [2.05, 4.69) is 10.3 Å². The van der Waals surface area contributed by atoms with E-state index in [4.69, 9.17) is 17.0 Å². The maximum absolute atomic E-state index is 8.47. The van der Waals surface area contributed by atoms with Crippen LogP contribution in [-0.4, -0.2) is 44.4 Å². The molecule has 132 valence electrons. The minimum atomic E-state index is -1.72. The van der Waals surface area contributed by atoms with Gasteiger partial charge in [0.1, 0.15) is 24.2 Å². The second-order valence-electron chi connectivity index (χ2n) is 6.16. The average Bonchev–Trinajstić information content (AvgIpc) is 3.14. The molecule has 25 heavy (non-hydrogen) atoms. The van der Waals surface area contributed by atoms with Crippen molar-refractivity contribution in [3.05, 3.63) is 36.0 Å². The first-order valence-corrected chi connectivity index (χ1v) is 8.43. The predicted octanol–water partition coefficient (Wildman–Crippen LogP) is 2.67. The number of hydrogen-bond acceptors (Lipinski definition) is 6. The average molecular weight is 343 g/mol. The standard InChI is InChI=1S/C19H23N3O3/c1-13-9-14(11-21-19(13)23-2)22-7-8-24-18-4-3-15(10-17(18)22)25-16-5-6-20-12-16/h3-4,9-11,16,20H,5-8,12H2,1-2H3/t16-/m0/s1/i7D2. The van der Waals surface area contributed by atoms with Crippen LogP contribution >= 0.6 is 0 Å². The molecule has 0 saturated carbocycles. The molecule has 1 aromatic carbocycles. The smallest absolute Gasteiger partial charge is 0.216 e. The van der Waals surface area contributed by atoms with Crippen LogP contribution in [0.5, 0.6) is 17.4 Å². The molecule has 6 heteroatoms. The van der Waals surface area contributed by atoms with Crippen molar-refractivity contribution in [1.82, 2.24) is 10.3 Å². The van der Waals surface area contributed by atoms with Gasteiger partial charge in [0.05, 0.1) is 33.9 Å². The normalized spacial score (nSPS) is 22.5. The zero-order valence-corrected chi connectivity index (χ0v) is 14.4. The van der Waals surface area contributed by atoms with Crippen molar-refractivity contribution in [3.63, 3.8) is 0 Å². The number of aromatic nitrogens is 1. The second-order valence-corrected chi connectivity index (χ2v) is 6.16. The molecule has 1 atom stereocenters. The third kappa shape index (κ3) is 3.22. The van der Waals surface area contributed by atoms with Crippen molar-refractivity contribution >= 4 is 11.4 Å². The van der Waals surface area contributed by atoms with E-state index in [-0.39, 0.29) is 12.7 Å². The van der Waals surface area contributed by atoms with E-state index in [1.807, 2.05) is 31.2 Å². The first-order valence-electron chi connectivity index (χ1n) is 9.43. The Bertz CT molecular complexity index is 841. The molecule has 1 saturated heterocycles. The molecule has 0 unspecified atom stereocenters. The van der Waals surface area contributed by atoms with Crippen LogP contribution in [0.3, 0.4) is 0 Å². The fraction of sp³-hybridized carbons (Fsp3) is 0.421. The topological polar surface area (TPSA) is 55.9 Å². The van der Waals surface area contributed by atoms with E-state index < -0.39 is 6.50 Å². The van der Waals surface area contributed by atoms with Crippen LogP contribution in [0.2, 0.25) is 0 Å². The van der Waals surface area contributed by atoms with Crippen molar-refractivity contribution in [2.75, 3.05) is 38.2 Å². The predicted molar refractivity (Wildman–Crippen MR) is 96.4 cm³/mol. The van der Waals surface area contributed by atoms with Gasteiger partial charge in [0.25, 0.3) is 0 Å². The van der Waals surface area contributed by atoms with Gasteiger partial charge in [-0.3, -0.25) is 0 Å². The van der Waals surface area contributed by atoms with Crippen molar-refractivity contribution in [2.24, 2.45) is 0 Å². The number of nitrogens with one attached hydrogen (secondary N) is 1. The summed E-state index contributed by atoms with van der Waals surface area (Å²) in [5.74, 6) is 1.85. The molecule has 0 aliphatic carbocycles. The molecule has 2 aromatic rings. The summed E-state index contributed by atoms with van der Waals surface area (Å²) in [7, 11) is 1.57. The van der Waals surface area contributed by atoms with Crippen molar-refractivity contribution in [1.29, 1.82) is 0 Å². The molecule has 0 amide bonds. The Morgan fingerprint density at radius 1 is 1.40 bits per heavy atom. The quantitative estimate of drug-likeness (QED) is 0.921. The Morgan fingerprint density at radius 3 is 3.08 bits per heavy atom. The molecule has 3 heterocycles. The fourth-order valence-corrected chi connectivity index (χ4v) is 3.16. The summed E-state index contributed by atoms with van der Waals surface area (Å²) < 4.78 is 33.9. The van der Waals surface area contributed by atoms with Crippen LogP contribution in [0.1, 0.15) is 14.7 Å². The maximum atomic E-state index is 8.47. The van der Waals surface area contributed by atoms with Gasteiger partial charge in [-0.1, -0.05) is 0 Å². The first kappa shape index (κ1) is 13.8. The summed E-state index contributed by atoms with van der Waals surface area (Å²) in [4.78, 5) is 5.92. The van der Waals surface area contributed by atoms with Crippen LogP contribution in [-0.2, 0) is 0 Å². The summed E-state index contributed by atoms with van der Waals surface area (Å²) in [6.07, 6.45) is 2.70. The largest absolute Gasteiger partial charge is 0.490 e. The number of rotatable bonds is 4. The lowest BCUT2D eigenvalue weighted by atomic mass is 10.2. The van der Waals surface area contributed by atoms with Gasteiger partial charge in [0.2, 0.25) is 5.88 Å². The van der Waals surface area contributed by atoms with Crippen LogP contribution in [0.15, 0.2) is 30.5 Å². The Hall–Kier alpha value is -2.47. The van der Waals surface area contributed by atoms with Gasteiger partial charge in [0, 0.05) is 18.2 Å². The number of ether oxygens (including phenoxy) is 3. The van der Waals surface area contributed by atoms with Crippen molar-refractivity contribution < 1.29 is 17.0 Å². The lowest BCUT2D eigenvalue weighted by molar-refractivity contribution is 0.222. The molecule has 4 rings (SSSR count). The highest BCUT2D eigenvalue weighted by molar-refractivity contribution is 5.72. The van der Waals surface area contributed by atoms with Gasteiger partial charge in [-0.2, -0.15) is 0 Å². The Kier molecular flexibility index (Phi) is 3.75. The van der Waals surface area contributed by atoms with Gasteiger partial charge in [-0.15, -0.1) is 0 Å². The van der Waals surface area contributed by atoms with E-state index in [1.54, 1.807) is 18.2 Å². The maximum Gasteiger partial charge on any atom is 0.216 e. The van der Waals surface area contributed by atoms with Crippen molar-refractivity contribution in [3.8, 4) is 17.4 Å². The fourth-order valence-electron chi connectivity index (χ4n) is 3.16. The van der Waals surface area contributed by atoms with E-state index >= 15 is 0 Å². The van der Waals surface area contributed by atoms with Crippen LogP contribution in [0, 0.1) is 6.92 Å². The van der Waals surface area contributed by atoms with Gasteiger partial charge >= 0.3 is 0 Å². The molecular formula is C19H23N3O3. The monoisotopic (exact) mass is 343 g/mol. The number of nitrogens with zero attached hydrogens (tertiary/aromatic N) is 2. The molecule has 2 aliphatic heterocycles. The van der Waals surface area contributed by atoms with E-state index in [0.717, 1.165) is 25.1 Å². The number of benzene rings is 1. The molecule has 0 radical (unpaired) electrons. The molecule has 1 aromatic heterocycles. The summed E-state index contributed by atoms with van der Waals surface area (Å²) in [5, 5.41) is 3.28. The number of anilines is 2. The van der Waals surface area contributed by atoms with Gasteiger partial charge in [-0.05, 0) is 38.1 Å². The Balaban J connectivity index is 1.73. The second kappa shape index (κ2) is 6.80. The van der Waals surface area contributed by atoms with Gasteiger partial charge in [-0.25, -0.2) is 4.98 Å². The van der Waals surface area contributed by atoms with Gasteiger partial charge < -0.3 is 24.4 Å². The molecule has 6 nitrogen and oxygen atoms in total. The van der Waals surface area contributed by atoms with Crippen LogP contribution in [0.4, 0.5) is 11.4 Å². The van der Waals surface area contributed by atoms with E-state index in [0.29, 0.717) is 28.8 Å². The lowest BCUT2D eigenvalue weighted by Gasteiger charge is -2.31. The van der Waals surface area contributed by atoms with E-state index in [1.165, 1.54) is 0 Å². The SMILES string of the molecule is [2H]C1([2H])COc2ccc(O[C@H]3CCNC3)cc2N1c1cnc(OC)c(C)c1. The van der Waals surface area contributed by atoms with Crippen LogP contribution < -0.4 is 24.4 Å². The number of pyridine rings is 1. The van der Waals surface area contributed by atoms with Gasteiger partial charge in [0.15, 0.2) is 0 Å². The number of methoxy groups -OCH3 is 1. The molecule has 1 N–H and O–H groups in total. The summed E-state index contributed by atoms with van der Waals surface area (Å²) in [6, 6.07) is 7.41. The summed E-state index contributed by atoms with van der Waals surface area (Å²) >= 11 is 0. The minimum absolute atomic E-state index is 0.0716. The van der Waals surface area contributed by atoms with Crippen LogP contribution in [0.25, 0.3) is 0 Å². The first-order chi connectivity index (χ1) is 13.0. The molecular weight excluding hydrogens is 318 g/mol. The number of hydrogen-bond donors (Lipinski definition) is 1. The number of aryl methyl sites for hydroxylation is 1. The molecule has 2 aliphatic rings. The van der Waals surface area contributed by atoms with Crippen molar-refractivity contribution in [2.45, 2.75) is 19.4 Å². The lowest BCUT2D eigenvalue weighted by Crippen LogP contribution is -2.29. The molecule has 1 fully saturated rings. The highest BCUT2D eigenvalue weighted by Crippen LogP contribution is 2.39. The molecule has 0 bridgehead atoms. The number of fused-ring (bicyclic) bond motifs is 1. The zero-order chi connectivity index (χ0) is 19.0. The Labute approximate surface area is 150 Å². The third-order valence-electron chi connectivity index (χ3n) is 4.41. The minimum Gasteiger partial charge on any atom is -0.490 e. The highest BCUT2D eigenvalue weighted by Gasteiger charge is 2.23. The summed E-state index contributed by atoms with van der Waals surface area (Å²) in [6.45, 7) is 1.86.